The molecule has 0 spiro atoms. The average molecular weight is 348 g/mol. The maximum Gasteiger partial charge on any atom is 0.338 e. The van der Waals surface area contributed by atoms with E-state index in [1.165, 1.54) is 12.1 Å². The van der Waals surface area contributed by atoms with Crippen LogP contribution in [0, 0.1) is 5.82 Å². The minimum absolute atomic E-state index is 0.124. The van der Waals surface area contributed by atoms with Crippen molar-refractivity contribution in [3.8, 4) is 0 Å². The summed E-state index contributed by atoms with van der Waals surface area (Å²) in [5.74, 6) is -1.98. The van der Waals surface area contributed by atoms with Crippen LogP contribution in [0.15, 0.2) is 42.5 Å². The number of carbonyl (C=O) groups excluding carboxylic acids is 1. The summed E-state index contributed by atoms with van der Waals surface area (Å²) in [4.78, 5) is 24.8. The number of nitrogens with zero attached hydrogens (tertiary/aromatic N) is 1. The molecular formula is C18H15ClFNO3. The van der Waals surface area contributed by atoms with Gasteiger partial charge >= 0.3 is 5.97 Å². The fraction of sp³-hybridized carbons (Fsp3) is 0.222. The van der Waals surface area contributed by atoms with Crippen LogP contribution in [0.2, 0.25) is 5.02 Å². The summed E-state index contributed by atoms with van der Waals surface area (Å²) in [6, 6.07) is 11.0. The molecule has 6 heteroatoms. The zero-order valence-electron chi connectivity index (χ0n) is 12.7. The molecule has 1 N–H and O–H groups in total. The summed E-state index contributed by atoms with van der Waals surface area (Å²) in [6.07, 6.45) is 0.648. The Balaban J connectivity index is 2.01. The van der Waals surface area contributed by atoms with E-state index in [0.29, 0.717) is 23.7 Å². The van der Waals surface area contributed by atoms with Crippen LogP contribution < -0.4 is 4.90 Å². The molecule has 1 heterocycles. The first-order valence-electron chi connectivity index (χ1n) is 7.53. The molecule has 0 amide bonds. The molecule has 0 saturated carbocycles. The lowest BCUT2D eigenvalue weighted by Gasteiger charge is -2.37. The number of rotatable bonds is 3. The van der Waals surface area contributed by atoms with Gasteiger partial charge in [0.05, 0.1) is 11.6 Å². The number of anilines is 1. The van der Waals surface area contributed by atoms with Gasteiger partial charge in [-0.15, -0.1) is 0 Å². The van der Waals surface area contributed by atoms with Gasteiger partial charge in [-0.1, -0.05) is 29.8 Å². The first kappa shape index (κ1) is 16.5. The number of carbonyl (C=O) groups is 2. The van der Waals surface area contributed by atoms with Gasteiger partial charge in [-0.25, -0.2) is 9.18 Å². The molecular weight excluding hydrogens is 333 g/mol. The first-order chi connectivity index (χ1) is 11.5. The number of hydrogen-bond donors (Lipinski definition) is 1. The van der Waals surface area contributed by atoms with Gasteiger partial charge in [0.1, 0.15) is 11.6 Å². The molecule has 4 nitrogen and oxygen atoms in total. The predicted octanol–water partition coefficient (Wildman–Crippen LogP) is 4.09. The number of carboxylic acids is 1. The minimum Gasteiger partial charge on any atom is -0.478 e. The number of piperidine rings is 1. The highest BCUT2D eigenvalue weighted by Gasteiger charge is 2.30. The minimum atomic E-state index is -1.31. The molecule has 0 aromatic heterocycles. The van der Waals surface area contributed by atoms with Gasteiger partial charge in [-0.3, -0.25) is 4.79 Å². The topological polar surface area (TPSA) is 57.6 Å². The quantitative estimate of drug-likeness (QED) is 0.908. The average Bonchev–Trinajstić information content (AvgIpc) is 2.54. The fourth-order valence-electron chi connectivity index (χ4n) is 3.02. The third-order valence-corrected chi connectivity index (χ3v) is 4.55. The molecule has 1 fully saturated rings. The summed E-state index contributed by atoms with van der Waals surface area (Å²) < 4.78 is 14.0. The van der Waals surface area contributed by atoms with Gasteiger partial charge in [0.25, 0.3) is 0 Å². The Morgan fingerprint density at radius 3 is 2.67 bits per heavy atom. The summed E-state index contributed by atoms with van der Waals surface area (Å²) >= 11 is 6.27. The Labute approximate surface area is 143 Å². The van der Waals surface area contributed by atoms with E-state index in [0.717, 1.165) is 5.56 Å². The highest BCUT2D eigenvalue weighted by atomic mass is 35.5. The van der Waals surface area contributed by atoms with Crippen LogP contribution in [-0.4, -0.2) is 23.4 Å². The predicted molar refractivity (Wildman–Crippen MR) is 89.1 cm³/mol. The van der Waals surface area contributed by atoms with Gasteiger partial charge in [0, 0.05) is 30.1 Å². The molecule has 1 aliphatic heterocycles. The molecule has 0 bridgehead atoms. The van der Waals surface area contributed by atoms with E-state index in [4.69, 9.17) is 16.7 Å². The summed E-state index contributed by atoms with van der Waals surface area (Å²) in [6.45, 7) is 0.431. The molecule has 24 heavy (non-hydrogen) atoms. The van der Waals surface area contributed by atoms with Crippen molar-refractivity contribution in [3.63, 3.8) is 0 Å². The van der Waals surface area contributed by atoms with Crippen molar-refractivity contribution in [3.05, 3.63) is 64.4 Å². The van der Waals surface area contributed by atoms with Crippen molar-refractivity contribution >= 4 is 29.0 Å². The van der Waals surface area contributed by atoms with Crippen LogP contribution in [0.4, 0.5) is 10.1 Å². The third-order valence-electron chi connectivity index (χ3n) is 4.21. The van der Waals surface area contributed by atoms with Crippen molar-refractivity contribution in [1.29, 1.82) is 0 Å². The van der Waals surface area contributed by atoms with E-state index in [9.17, 15) is 14.0 Å². The second-order valence-corrected chi connectivity index (χ2v) is 6.10. The number of aromatic carboxylic acids is 1. The molecule has 1 atom stereocenters. The molecule has 2 aromatic carbocycles. The van der Waals surface area contributed by atoms with E-state index in [-0.39, 0.29) is 23.8 Å². The van der Waals surface area contributed by atoms with E-state index in [1.54, 1.807) is 12.1 Å². The van der Waals surface area contributed by atoms with E-state index >= 15 is 0 Å². The Hall–Kier alpha value is -2.40. The summed E-state index contributed by atoms with van der Waals surface area (Å²) in [5, 5.41) is 9.50. The zero-order chi connectivity index (χ0) is 17.3. The Bertz CT molecular complexity index is 809. The standard InChI is InChI=1S/C18H15ClFNO3/c19-15-4-2-1-3-13(15)17-10-12(22)7-8-21(17)11-5-6-14(18(23)24)16(20)9-11/h1-6,9,17H,7-8,10H2,(H,23,24). The molecule has 124 valence electrons. The summed E-state index contributed by atoms with van der Waals surface area (Å²) in [7, 11) is 0. The van der Waals surface area contributed by atoms with Crippen LogP contribution in [-0.2, 0) is 4.79 Å². The molecule has 2 aromatic rings. The van der Waals surface area contributed by atoms with Crippen molar-refractivity contribution in [2.75, 3.05) is 11.4 Å². The van der Waals surface area contributed by atoms with Gasteiger partial charge in [-0.2, -0.15) is 0 Å². The monoisotopic (exact) mass is 347 g/mol. The Kier molecular flexibility index (Phi) is 4.53. The molecule has 0 aliphatic carbocycles. The fourth-order valence-corrected chi connectivity index (χ4v) is 3.28. The van der Waals surface area contributed by atoms with Crippen LogP contribution in [0.25, 0.3) is 0 Å². The molecule has 0 radical (unpaired) electrons. The van der Waals surface area contributed by atoms with Crippen molar-refractivity contribution < 1.29 is 19.1 Å². The van der Waals surface area contributed by atoms with Crippen molar-refractivity contribution in [2.45, 2.75) is 18.9 Å². The van der Waals surface area contributed by atoms with Gasteiger partial charge in [-0.05, 0) is 29.8 Å². The van der Waals surface area contributed by atoms with Gasteiger partial charge in [0.2, 0.25) is 0 Å². The number of carboxylic acid groups (broad SMARTS) is 1. The lowest BCUT2D eigenvalue weighted by molar-refractivity contribution is -0.120. The van der Waals surface area contributed by atoms with Crippen LogP contribution >= 0.6 is 11.6 Å². The lowest BCUT2D eigenvalue weighted by atomic mass is 9.93. The number of halogens is 2. The summed E-state index contributed by atoms with van der Waals surface area (Å²) in [5.41, 5.74) is 0.964. The smallest absolute Gasteiger partial charge is 0.338 e. The maximum atomic E-state index is 14.0. The Morgan fingerprint density at radius 2 is 2.00 bits per heavy atom. The van der Waals surface area contributed by atoms with Crippen molar-refractivity contribution in [2.24, 2.45) is 0 Å². The SMILES string of the molecule is O=C1CCN(c2ccc(C(=O)O)c(F)c2)C(c2ccccc2Cl)C1. The second-order valence-electron chi connectivity index (χ2n) is 5.69. The normalized spacial score (nSPS) is 17.8. The maximum absolute atomic E-state index is 14.0. The number of ketones is 1. The van der Waals surface area contributed by atoms with Crippen molar-refractivity contribution in [1.82, 2.24) is 0 Å². The van der Waals surface area contributed by atoms with E-state index < -0.39 is 11.8 Å². The number of benzene rings is 2. The largest absolute Gasteiger partial charge is 0.478 e. The van der Waals surface area contributed by atoms with E-state index in [1.807, 2.05) is 23.1 Å². The Morgan fingerprint density at radius 1 is 1.25 bits per heavy atom. The third kappa shape index (κ3) is 3.12. The first-order valence-corrected chi connectivity index (χ1v) is 7.91. The van der Waals surface area contributed by atoms with Gasteiger partial charge < -0.3 is 10.0 Å². The molecule has 1 saturated heterocycles. The van der Waals surface area contributed by atoms with Crippen LogP contribution in [0.3, 0.4) is 0 Å². The highest BCUT2D eigenvalue weighted by molar-refractivity contribution is 6.31. The number of Topliss-reactive ketones (excluding diaryl/α,β-unsaturated/α-hetero) is 1. The van der Waals surface area contributed by atoms with E-state index in [2.05, 4.69) is 0 Å². The molecule has 1 aliphatic rings. The second kappa shape index (κ2) is 6.61. The zero-order valence-corrected chi connectivity index (χ0v) is 13.5. The lowest BCUT2D eigenvalue weighted by Crippen LogP contribution is -2.37. The van der Waals surface area contributed by atoms with Crippen LogP contribution in [0.1, 0.15) is 34.8 Å². The number of hydrogen-bond acceptors (Lipinski definition) is 3. The molecule has 3 rings (SSSR count). The van der Waals surface area contributed by atoms with Crippen LogP contribution in [0.5, 0.6) is 0 Å². The van der Waals surface area contributed by atoms with Gasteiger partial charge in [0.15, 0.2) is 0 Å². The molecule has 1 unspecified atom stereocenters. The highest BCUT2D eigenvalue weighted by Crippen LogP contribution is 2.37.